The lowest BCUT2D eigenvalue weighted by molar-refractivity contribution is 0.102. The van der Waals surface area contributed by atoms with Crippen LogP contribution in [-0.2, 0) is 13.0 Å². The van der Waals surface area contributed by atoms with Crippen LogP contribution in [0.15, 0.2) is 85.1 Å². The van der Waals surface area contributed by atoms with Gasteiger partial charge < -0.3 is 9.88 Å². The molecule has 5 heteroatoms. The van der Waals surface area contributed by atoms with Crippen LogP contribution in [0.5, 0.6) is 0 Å². The van der Waals surface area contributed by atoms with Gasteiger partial charge in [0.05, 0.1) is 5.69 Å². The Balaban J connectivity index is 1.62. The van der Waals surface area contributed by atoms with Crippen LogP contribution in [-0.4, -0.2) is 14.9 Å². The summed E-state index contributed by atoms with van der Waals surface area (Å²) >= 11 is 0. The van der Waals surface area contributed by atoms with Crippen molar-refractivity contribution in [1.82, 2.24) is 8.97 Å². The van der Waals surface area contributed by atoms with Gasteiger partial charge in [-0.1, -0.05) is 60.2 Å². The number of imidazole rings is 1. The summed E-state index contributed by atoms with van der Waals surface area (Å²) in [4.78, 5) is 13.8. The van der Waals surface area contributed by atoms with E-state index in [2.05, 4.69) is 47.3 Å². The molecule has 3 heterocycles. The van der Waals surface area contributed by atoms with E-state index in [1.165, 1.54) is 17.7 Å². The Morgan fingerprint density at radius 1 is 0.886 bits per heavy atom. The van der Waals surface area contributed by atoms with E-state index in [0.717, 1.165) is 65.1 Å². The van der Waals surface area contributed by atoms with Crippen LogP contribution in [0.3, 0.4) is 0 Å². The molecule has 1 N–H and O–H groups in total. The number of aryl methyl sites for hydroxylation is 3. The minimum atomic E-state index is -0.287. The van der Waals surface area contributed by atoms with E-state index in [1.807, 2.05) is 34.7 Å². The predicted molar refractivity (Wildman–Crippen MR) is 138 cm³/mol. The highest BCUT2D eigenvalue weighted by atomic mass is 19.1. The highest BCUT2D eigenvalue weighted by Gasteiger charge is 2.29. The fourth-order valence-corrected chi connectivity index (χ4v) is 5.20. The van der Waals surface area contributed by atoms with Crippen LogP contribution in [0.25, 0.3) is 28.0 Å². The zero-order valence-electron chi connectivity index (χ0n) is 19.6. The van der Waals surface area contributed by atoms with Crippen molar-refractivity contribution >= 4 is 17.2 Å². The maximum atomic E-state index is 13.8. The molecule has 4 nitrogen and oxygen atoms in total. The van der Waals surface area contributed by atoms with Gasteiger partial charge in [-0.05, 0) is 61.6 Å². The maximum absolute atomic E-state index is 13.8. The van der Waals surface area contributed by atoms with Crippen molar-refractivity contribution in [2.45, 2.75) is 32.7 Å². The van der Waals surface area contributed by atoms with Crippen LogP contribution in [0.4, 0.5) is 10.1 Å². The third kappa shape index (κ3) is 3.73. The molecule has 0 radical (unpaired) electrons. The highest BCUT2D eigenvalue weighted by Crippen LogP contribution is 2.39. The summed E-state index contributed by atoms with van der Waals surface area (Å²) in [7, 11) is 0. The Kier molecular flexibility index (Phi) is 5.25. The van der Waals surface area contributed by atoms with Crippen LogP contribution in [0.2, 0.25) is 0 Å². The average molecular weight is 464 g/mol. The normalized spacial score (nSPS) is 13.1. The minimum absolute atomic E-state index is 0.176. The number of aromatic nitrogens is 2. The molecule has 1 aliphatic rings. The van der Waals surface area contributed by atoms with Crippen molar-refractivity contribution in [1.29, 1.82) is 0 Å². The second-order valence-electron chi connectivity index (χ2n) is 9.21. The second kappa shape index (κ2) is 8.58. The molecule has 5 aromatic rings. The number of hydrogen-bond donors (Lipinski definition) is 1. The van der Waals surface area contributed by atoms with Gasteiger partial charge in [0.1, 0.15) is 17.2 Å². The lowest BCUT2D eigenvalue weighted by atomic mass is 9.97. The van der Waals surface area contributed by atoms with Crippen LogP contribution in [0.1, 0.15) is 34.5 Å². The van der Waals surface area contributed by atoms with Gasteiger partial charge in [0.25, 0.3) is 5.91 Å². The largest absolute Gasteiger partial charge is 0.325 e. The summed E-state index contributed by atoms with van der Waals surface area (Å²) < 4.78 is 18.2. The van der Waals surface area contributed by atoms with Gasteiger partial charge in [0, 0.05) is 29.6 Å². The summed E-state index contributed by atoms with van der Waals surface area (Å²) in [5.74, 6) is -0.463. The zero-order valence-corrected chi connectivity index (χ0v) is 19.6. The summed E-state index contributed by atoms with van der Waals surface area (Å²) in [5, 5.41) is 3.08. The van der Waals surface area contributed by atoms with Crippen molar-refractivity contribution < 1.29 is 9.18 Å². The van der Waals surface area contributed by atoms with Gasteiger partial charge in [-0.3, -0.25) is 9.20 Å². The molecule has 0 spiro atoms. The molecule has 6 rings (SSSR count). The molecule has 35 heavy (non-hydrogen) atoms. The Labute approximate surface area is 203 Å². The lowest BCUT2D eigenvalue weighted by Crippen LogP contribution is -2.15. The number of amides is 1. The summed E-state index contributed by atoms with van der Waals surface area (Å²) in [5.41, 5.74) is 8.70. The molecule has 1 aliphatic heterocycles. The quantitative estimate of drug-likeness (QED) is 0.303. The van der Waals surface area contributed by atoms with Crippen molar-refractivity contribution in [2.75, 3.05) is 5.32 Å². The number of anilines is 1. The summed E-state index contributed by atoms with van der Waals surface area (Å²) in [6.07, 6.45) is 5.04. The SMILES string of the molecule is Cc1ccc(-c2cn3c(C(=O)Nc4ccccc4)c(-c4ccc(F)cc4)c4c3n2CCCC4)cc1. The molecule has 0 fully saturated rings. The van der Waals surface area contributed by atoms with Gasteiger partial charge in [-0.25, -0.2) is 4.39 Å². The van der Waals surface area contributed by atoms with E-state index in [1.54, 1.807) is 12.1 Å². The second-order valence-corrected chi connectivity index (χ2v) is 9.21. The molecule has 3 aromatic carbocycles. The predicted octanol–water partition coefficient (Wildman–Crippen LogP) is 7.11. The van der Waals surface area contributed by atoms with Crippen molar-refractivity contribution in [3.8, 4) is 22.4 Å². The summed E-state index contributed by atoms with van der Waals surface area (Å²) in [6.45, 7) is 2.97. The summed E-state index contributed by atoms with van der Waals surface area (Å²) in [6, 6.07) is 24.5. The number of carbonyl (C=O) groups excluding carboxylic acids is 1. The van der Waals surface area contributed by atoms with E-state index < -0.39 is 0 Å². The number of para-hydroxylation sites is 1. The van der Waals surface area contributed by atoms with E-state index in [9.17, 15) is 9.18 Å². The van der Waals surface area contributed by atoms with E-state index in [4.69, 9.17) is 0 Å². The van der Waals surface area contributed by atoms with Gasteiger partial charge in [-0.15, -0.1) is 0 Å². The monoisotopic (exact) mass is 463 g/mol. The number of benzene rings is 3. The van der Waals surface area contributed by atoms with Gasteiger partial charge >= 0.3 is 0 Å². The molecular formula is C30H26FN3O. The molecule has 0 aliphatic carbocycles. The number of hydrogen-bond acceptors (Lipinski definition) is 1. The Morgan fingerprint density at radius 2 is 1.60 bits per heavy atom. The third-order valence-corrected chi connectivity index (χ3v) is 6.86. The average Bonchev–Trinajstić information content (AvgIpc) is 3.28. The smallest absolute Gasteiger partial charge is 0.273 e. The number of carbonyl (C=O) groups is 1. The topological polar surface area (TPSA) is 38.4 Å². The number of nitrogens with one attached hydrogen (secondary N) is 1. The highest BCUT2D eigenvalue weighted by molar-refractivity contribution is 6.10. The molecule has 2 aromatic heterocycles. The van der Waals surface area contributed by atoms with Crippen LogP contribution in [0, 0.1) is 12.7 Å². The molecule has 174 valence electrons. The molecule has 1 amide bonds. The third-order valence-electron chi connectivity index (χ3n) is 6.86. The minimum Gasteiger partial charge on any atom is -0.325 e. The molecule has 0 bridgehead atoms. The molecule has 0 saturated carbocycles. The van der Waals surface area contributed by atoms with Crippen molar-refractivity contribution in [3.63, 3.8) is 0 Å². The molecule has 0 atom stereocenters. The van der Waals surface area contributed by atoms with Gasteiger partial charge in [-0.2, -0.15) is 0 Å². The number of rotatable bonds is 4. The molecule has 0 unspecified atom stereocenters. The number of nitrogens with zero attached hydrogens (tertiary/aromatic N) is 2. The first kappa shape index (κ1) is 21.4. The first-order valence-corrected chi connectivity index (χ1v) is 12.1. The van der Waals surface area contributed by atoms with Crippen molar-refractivity contribution in [2.24, 2.45) is 0 Å². The number of halogens is 1. The first-order valence-electron chi connectivity index (χ1n) is 12.1. The van der Waals surface area contributed by atoms with Crippen LogP contribution >= 0.6 is 0 Å². The van der Waals surface area contributed by atoms with E-state index in [0.29, 0.717) is 5.69 Å². The van der Waals surface area contributed by atoms with Gasteiger partial charge in [0.2, 0.25) is 0 Å². The van der Waals surface area contributed by atoms with Crippen molar-refractivity contribution in [3.05, 3.63) is 108 Å². The van der Waals surface area contributed by atoms with Gasteiger partial charge in [0.15, 0.2) is 0 Å². The zero-order chi connectivity index (χ0) is 23.9. The van der Waals surface area contributed by atoms with E-state index in [-0.39, 0.29) is 11.7 Å². The standard InChI is InChI=1S/C30H26FN3O/c1-20-10-12-21(13-11-20)26-19-34-28(29(35)32-24-7-3-2-4-8-24)27(22-14-16-23(31)17-15-22)25-9-5-6-18-33(26)30(25)34/h2-4,7-8,10-17,19H,5-6,9,18H2,1H3,(H,32,35). The maximum Gasteiger partial charge on any atom is 0.273 e. The van der Waals surface area contributed by atoms with E-state index >= 15 is 0 Å². The lowest BCUT2D eigenvalue weighted by Gasteiger charge is -2.10. The fraction of sp³-hybridized carbons (Fsp3) is 0.167. The molecule has 0 saturated heterocycles. The fourth-order valence-electron chi connectivity index (χ4n) is 5.20. The Morgan fingerprint density at radius 3 is 2.34 bits per heavy atom. The Hall–Kier alpha value is -4.12. The molecular weight excluding hydrogens is 437 g/mol. The van der Waals surface area contributed by atoms with Crippen LogP contribution < -0.4 is 5.32 Å². The Bertz CT molecular complexity index is 1530. The first-order chi connectivity index (χ1) is 17.1.